The molecule has 0 spiro atoms. The summed E-state index contributed by atoms with van der Waals surface area (Å²) in [5.41, 5.74) is 0. The standard InChI is InChI=1S/C10H32Si5/c1-2-3-4-5-6-7-8-9-10-12-14-15-13-11/h2-10,12-15H2,1,11H3. The minimum absolute atomic E-state index is 0.610. The molecule has 92 valence electrons. The molecule has 5 heteroatoms. The Hall–Kier alpha value is 1.08. The fraction of sp³-hybridized carbons (Fsp3) is 1.00. The molecule has 0 saturated heterocycles. The van der Waals surface area contributed by atoms with Crippen molar-refractivity contribution in [3.8, 4) is 0 Å². The molecule has 0 aromatic heterocycles. The van der Waals surface area contributed by atoms with E-state index in [0.29, 0.717) is 9.04 Å². The molecule has 0 aliphatic rings. The summed E-state index contributed by atoms with van der Waals surface area (Å²) >= 11 is 0. The third-order valence-electron chi connectivity index (χ3n) is 3.21. The Labute approximate surface area is 109 Å². The van der Waals surface area contributed by atoms with Crippen LogP contribution >= 0.6 is 0 Å². The second kappa shape index (κ2) is 15.1. The first-order valence-electron chi connectivity index (χ1n) is 7.41. The van der Waals surface area contributed by atoms with Gasteiger partial charge in [0.1, 0.15) is 0 Å². The molecule has 0 nitrogen and oxygen atoms in total. The first-order chi connectivity index (χ1) is 7.41. The molecule has 0 amide bonds. The van der Waals surface area contributed by atoms with Crippen LogP contribution in [-0.2, 0) is 0 Å². The van der Waals surface area contributed by atoms with E-state index >= 15 is 0 Å². The topological polar surface area (TPSA) is 0 Å². The maximum Gasteiger partial charge on any atom is 0.00464 e. The zero-order valence-corrected chi connectivity index (χ0v) is 18.8. The normalized spacial score (nSPS) is 14.2. The van der Waals surface area contributed by atoms with E-state index in [1.165, 1.54) is 32.1 Å². The van der Waals surface area contributed by atoms with Gasteiger partial charge in [-0.25, -0.2) is 0 Å². The van der Waals surface area contributed by atoms with E-state index in [0.717, 1.165) is 25.7 Å². The lowest BCUT2D eigenvalue weighted by Crippen LogP contribution is -2.18. The van der Waals surface area contributed by atoms with Crippen molar-refractivity contribution in [1.82, 2.24) is 0 Å². The van der Waals surface area contributed by atoms with Crippen LogP contribution < -0.4 is 0 Å². The summed E-state index contributed by atoms with van der Waals surface area (Å²) in [6.45, 7) is 2.31. The number of hydrogen-bond donors (Lipinski definition) is 0. The van der Waals surface area contributed by atoms with Crippen molar-refractivity contribution in [3.05, 3.63) is 0 Å². The number of unbranched alkanes of at least 4 members (excludes halogenated alkanes) is 7. The molecule has 0 unspecified atom stereocenters. The average molecular weight is 293 g/mol. The highest BCUT2D eigenvalue weighted by molar-refractivity contribution is 7.51. The largest absolute Gasteiger partial charge is 0.0655 e. The van der Waals surface area contributed by atoms with Crippen LogP contribution in [0.3, 0.4) is 0 Å². The third kappa shape index (κ3) is 15.1. The van der Waals surface area contributed by atoms with E-state index in [1.807, 2.05) is 0 Å². The van der Waals surface area contributed by atoms with Gasteiger partial charge in [0, 0.05) is 9.04 Å². The van der Waals surface area contributed by atoms with Crippen molar-refractivity contribution in [3.63, 3.8) is 0 Å². The molecular weight excluding hydrogens is 261 g/mol. The molecule has 0 aliphatic heterocycles. The number of rotatable bonds is 12. The van der Waals surface area contributed by atoms with Gasteiger partial charge in [0.25, 0.3) is 0 Å². The molecule has 0 radical (unpaired) electrons. The summed E-state index contributed by atoms with van der Waals surface area (Å²) < 4.78 is 0. The van der Waals surface area contributed by atoms with Crippen molar-refractivity contribution in [2.24, 2.45) is 0 Å². The second-order valence-electron chi connectivity index (χ2n) is 4.89. The van der Waals surface area contributed by atoms with Crippen LogP contribution in [-0.4, -0.2) is 44.5 Å². The highest BCUT2D eigenvalue weighted by Gasteiger charge is 1.93. The van der Waals surface area contributed by atoms with Gasteiger partial charge in [0.15, 0.2) is 0 Å². The maximum absolute atomic E-state index is 2.31. The van der Waals surface area contributed by atoms with Crippen LogP contribution in [0.25, 0.3) is 0 Å². The van der Waals surface area contributed by atoms with Crippen molar-refractivity contribution < 1.29 is 0 Å². The fourth-order valence-corrected chi connectivity index (χ4v) is 83.1. The summed E-state index contributed by atoms with van der Waals surface area (Å²) in [6.07, 6.45) is 12.1. The minimum atomic E-state index is 0.610. The zero-order chi connectivity index (χ0) is 11.2. The lowest BCUT2D eigenvalue weighted by molar-refractivity contribution is 0.585. The van der Waals surface area contributed by atoms with E-state index in [2.05, 4.69) is 6.92 Å². The van der Waals surface area contributed by atoms with Crippen LogP contribution in [0.1, 0.15) is 58.3 Å². The molecule has 0 aromatic rings. The van der Waals surface area contributed by atoms with E-state index < -0.39 is 0 Å². The van der Waals surface area contributed by atoms with Crippen LogP contribution in [0, 0.1) is 0 Å². The van der Waals surface area contributed by atoms with Gasteiger partial charge < -0.3 is 0 Å². The smallest absolute Gasteiger partial charge is 0.00464 e. The predicted molar refractivity (Wildman–Crippen MR) is 91.5 cm³/mol. The van der Waals surface area contributed by atoms with Gasteiger partial charge in [0.2, 0.25) is 0 Å². The first-order valence-corrected chi connectivity index (χ1v) is 26.1. The SMILES string of the molecule is CCCCCCCCCC[SiH2][SiH2][SiH2][SiH2][SiH3]. The predicted octanol–water partition coefficient (Wildman–Crippen LogP) is -0.754. The molecule has 0 aromatic carbocycles. The summed E-state index contributed by atoms with van der Waals surface area (Å²) in [7, 11) is 4.51. The molecule has 0 atom stereocenters. The Balaban J connectivity index is 2.81. The van der Waals surface area contributed by atoms with Crippen molar-refractivity contribution in [2.75, 3.05) is 0 Å². The van der Waals surface area contributed by atoms with Gasteiger partial charge in [-0.05, 0) is 35.4 Å². The van der Waals surface area contributed by atoms with E-state index in [1.54, 1.807) is 35.1 Å². The van der Waals surface area contributed by atoms with E-state index in [4.69, 9.17) is 0 Å². The van der Waals surface area contributed by atoms with Gasteiger partial charge >= 0.3 is 0 Å². The summed E-state index contributed by atoms with van der Waals surface area (Å²) in [5.74, 6) is 0. The molecular formula is C10H32Si5. The minimum Gasteiger partial charge on any atom is -0.0655 e. The van der Waals surface area contributed by atoms with Crippen molar-refractivity contribution in [2.45, 2.75) is 64.3 Å². The Kier molecular flexibility index (Phi) is 16.2. The van der Waals surface area contributed by atoms with Gasteiger partial charge in [-0.2, -0.15) is 0 Å². The molecule has 15 heavy (non-hydrogen) atoms. The lowest BCUT2D eigenvalue weighted by Gasteiger charge is -2.01. The Bertz CT molecular complexity index is 98.0. The fourth-order valence-electron chi connectivity index (χ4n) is 2.09. The Morgan fingerprint density at radius 1 is 0.800 bits per heavy atom. The van der Waals surface area contributed by atoms with Crippen molar-refractivity contribution >= 4 is 44.5 Å². The second-order valence-corrected chi connectivity index (χ2v) is 39.8. The molecule has 0 heterocycles. The van der Waals surface area contributed by atoms with Crippen LogP contribution in [0.5, 0.6) is 0 Å². The molecule has 0 saturated carbocycles. The Morgan fingerprint density at radius 3 is 2.00 bits per heavy atom. The molecule has 0 aliphatic carbocycles. The van der Waals surface area contributed by atoms with Crippen LogP contribution in [0.2, 0.25) is 6.04 Å². The third-order valence-corrected chi connectivity index (χ3v) is 60.5. The molecule has 0 bridgehead atoms. The van der Waals surface area contributed by atoms with E-state index in [-0.39, 0.29) is 0 Å². The van der Waals surface area contributed by atoms with E-state index in [9.17, 15) is 0 Å². The maximum atomic E-state index is 2.31. The van der Waals surface area contributed by atoms with Gasteiger partial charge in [0.05, 0.1) is 0 Å². The van der Waals surface area contributed by atoms with Crippen LogP contribution in [0.15, 0.2) is 0 Å². The number of hydrogen-bond acceptors (Lipinski definition) is 0. The quantitative estimate of drug-likeness (QED) is 0.328. The molecule has 0 rings (SSSR count). The monoisotopic (exact) mass is 292 g/mol. The highest BCUT2D eigenvalue weighted by atomic mass is 29.8. The van der Waals surface area contributed by atoms with Crippen molar-refractivity contribution in [1.29, 1.82) is 0 Å². The summed E-state index contributed by atoms with van der Waals surface area (Å²) in [5, 5.41) is 0. The molecule has 0 fully saturated rings. The van der Waals surface area contributed by atoms with Gasteiger partial charge in [-0.3, -0.25) is 0 Å². The average Bonchev–Trinajstić information content (AvgIpc) is 2.26. The zero-order valence-electron chi connectivity index (χ0n) is 11.2. The Morgan fingerprint density at radius 2 is 1.40 bits per heavy atom. The summed E-state index contributed by atoms with van der Waals surface area (Å²) in [4.78, 5) is 0. The lowest BCUT2D eigenvalue weighted by atomic mass is 10.1. The first kappa shape index (κ1) is 16.1. The van der Waals surface area contributed by atoms with Crippen LogP contribution in [0.4, 0.5) is 0 Å². The highest BCUT2D eigenvalue weighted by Crippen LogP contribution is 2.09. The van der Waals surface area contributed by atoms with Gasteiger partial charge in [-0.15, -0.1) is 0 Å². The van der Waals surface area contributed by atoms with Gasteiger partial charge in [-0.1, -0.05) is 64.3 Å². The summed E-state index contributed by atoms with van der Waals surface area (Å²) in [6, 6.07) is 1.75. The molecule has 0 N–H and O–H groups in total.